The highest BCUT2D eigenvalue weighted by atomic mass is 16.2. The lowest BCUT2D eigenvalue weighted by Gasteiger charge is -2.13. The number of aryl methyl sites for hydroxylation is 3. The molecule has 0 spiro atoms. The smallest absolute Gasteiger partial charge is 0.318 e. The van der Waals surface area contributed by atoms with Crippen LogP contribution in [0.15, 0.2) is 60.3 Å². The maximum atomic E-state index is 12.9. The lowest BCUT2D eigenvalue weighted by atomic mass is 10.1. The van der Waals surface area contributed by atoms with Crippen LogP contribution in [0.1, 0.15) is 33.6 Å². The molecule has 1 aliphatic rings. The minimum atomic E-state index is -0.390. The van der Waals surface area contributed by atoms with E-state index in [4.69, 9.17) is 0 Å². The largest absolute Gasteiger partial charge is 0.329 e. The summed E-state index contributed by atoms with van der Waals surface area (Å²) in [5.41, 5.74) is 7.76. The van der Waals surface area contributed by atoms with Gasteiger partial charge in [-0.25, -0.2) is 4.79 Å². The van der Waals surface area contributed by atoms with Crippen LogP contribution in [0.25, 0.3) is 11.8 Å². The van der Waals surface area contributed by atoms with Crippen LogP contribution in [-0.2, 0) is 11.3 Å². The monoisotopic (exact) mass is 399 g/mol. The van der Waals surface area contributed by atoms with Gasteiger partial charge in [-0.2, -0.15) is 0 Å². The van der Waals surface area contributed by atoms with Gasteiger partial charge in [0.2, 0.25) is 0 Å². The molecular weight excluding hydrogens is 374 g/mol. The Morgan fingerprint density at radius 1 is 0.933 bits per heavy atom. The number of amides is 3. The number of nitrogens with one attached hydrogen (secondary N) is 1. The number of carbonyl (C=O) groups is 2. The van der Waals surface area contributed by atoms with E-state index in [2.05, 4.69) is 41.9 Å². The van der Waals surface area contributed by atoms with Crippen LogP contribution < -0.4 is 5.32 Å². The summed E-state index contributed by atoms with van der Waals surface area (Å²) in [5, 5.41) is 2.73. The predicted molar refractivity (Wildman–Crippen MR) is 118 cm³/mol. The zero-order valence-electron chi connectivity index (χ0n) is 17.7. The van der Waals surface area contributed by atoms with E-state index in [-0.39, 0.29) is 12.5 Å². The fraction of sp³-hybridized carbons (Fsp3) is 0.200. The zero-order valence-corrected chi connectivity index (χ0v) is 17.7. The van der Waals surface area contributed by atoms with E-state index in [9.17, 15) is 9.59 Å². The molecule has 2 aromatic carbocycles. The first-order valence-corrected chi connectivity index (χ1v) is 10.00. The van der Waals surface area contributed by atoms with Crippen molar-refractivity contribution in [1.82, 2.24) is 14.8 Å². The van der Waals surface area contributed by atoms with Crippen molar-refractivity contribution in [3.8, 4) is 5.69 Å². The second-order valence-corrected chi connectivity index (χ2v) is 7.82. The van der Waals surface area contributed by atoms with Crippen molar-refractivity contribution in [1.29, 1.82) is 0 Å². The highest BCUT2D eigenvalue weighted by Crippen LogP contribution is 2.26. The summed E-state index contributed by atoms with van der Waals surface area (Å²) < 4.78 is 2.18. The number of hydrogen-bond donors (Lipinski definition) is 1. The Hall–Kier alpha value is -3.60. The maximum Gasteiger partial charge on any atom is 0.329 e. The van der Waals surface area contributed by atoms with E-state index in [0.717, 1.165) is 28.2 Å². The number of urea groups is 1. The summed E-state index contributed by atoms with van der Waals surface area (Å²) >= 11 is 0. The molecule has 1 fully saturated rings. The Labute approximate surface area is 176 Å². The van der Waals surface area contributed by atoms with E-state index in [1.807, 2.05) is 50.2 Å². The van der Waals surface area contributed by atoms with E-state index in [1.54, 1.807) is 6.08 Å². The number of carbonyl (C=O) groups excluding carboxylic acids is 2. The molecule has 1 N–H and O–H groups in total. The molecule has 152 valence electrons. The van der Waals surface area contributed by atoms with Gasteiger partial charge < -0.3 is 9.88 Å². The highest BCUT2D eigenvalue weighted by Gasteiger charge is 2.33. The van der Waals surface area contributed by atoms with Crippen molar-refractivity contribution in [3.05, 3.63) is 93.9 Å². The molecule has 0 bridgehead atoms. The molecule has 4 rings (SSSR count). The van der Waals surface area contributed by atoms with Crippen molar-refractivity contribution in [3.63, 3.8) is 0 Å². The lowest BCUT2D eigenvalue weighted by molar-refractivity contribution is -0.123. The van der Waals surface area contributed by atoms with Gasteiger partial charge in [0.05, 0.1) is 6.54 Å². The molecule has 3 aromatic rings. The summed E-state index contributed by atoms with van der Waals surface area (Å²) in [4.78, 5) is 26.5. The van der Waals surface area contributed by atoms with Gasteiger partial charge in [0.1, 0.15) is 5.70 Å². The molecule has 0 aliphatic carbocycles. The molecule has 0 atom stereocenters. The van der Waals surface area contributed by atoms with Crippen LogP contribution in [0.2, 0.25) is 0 Å². The first-order chi connectivity index (χ1) is 14.3. The van der Waals surface area contributed by atoms with Crippen molar-refractivity contribution in [2.24, 2.45) is 0 Å². The van der Waals surface area contributed by atoms with Gasteiger partial charge in [-0.1, -0.05) is 48.0 Å². The van der Waals surface area contributed by atoms with Gasteiger partial charge in [-0.3, -0.25) is 9.69 Å². The van der Waals surface area contributed by atoms with E-state index < -0.39 is 6.03 Å². The molecule has 5 heteroatoms. The third-order valence-electron chi connectivity index (χ3n) is 5.51. The van der Waals surface area contributed by atoms with Crippen LogP contribution in [0.5, 0.6) is 0 Å². The SMILES string of the molecule is Cc1ccc(-n2c(C)cc(/C=C3/NC(=O)N(Cc4ccccc4)C3=O)c2C)c(C)c1. The minimum absolute atomic E-state index is 0.254. The molecule has 1 aromatic heterocycles. The number of nitrogens with zero attached hydrogens (tertiary/aromatic N) is 2. The Morgan fingerprint density at radius 3 is 2.37 bits per heavy atom. The van der Waals surface area contributed by atoms with E-state index >= 15 is 0 Å². The van der Waals surface area contributed by atoms with Crippen LogP contribution in [0.3, 0.4) is 0 Å². The fourth-order valence-corrected chi connectivity index (χ4v) is 4.00. The average Bonchev–Trinajstić information content (AvgIpc) is 3.13. The molecule has 30 heavy (non-hydrogen) atoms. The van der Waals surface area contributed by atoms with Crippen LogP contribution in [-0.4, -0.2) is 21.4 Å². The van der Waals surface area contributed by atoms with Gasteiger partial charge in [0.25, 0.3) is 5.91 Å². The van der Waals surface area contributed by atoms with E-state index in [0.29, 0.717) is 5.70 Å². The first-order valence-electron chi connectivity index (χ1n) is 10.00. The number of rotatable bonds is 4. The molecular formula is C25H25N3O2. The van der Waals surface area contributed by atoms with Crippen LogP contribution in [0, 0.1) is 27.7 Å². The lowest BCUT2D eigenvalue weighted by Crippen LogP contribution is -2.30. The number of hydrogen-bond acceptors (Lipinski definition) is 2. The molecule has 1 aliphatic heterocycles. The summed E-state index contributed by atoms with van der Waals surface area (Å²) in [5.74, 6) is -0.305. The standard InChI is InChI=1S/C25H25N3O2/c1-16-10-11-23(17(2)12-16)28-18(3)13-21(19(28)4)14-22-24(29)27(25(30)26-22)15-20-8-6-5-7-9-20/h5-14H,15H2,1-4H3,(H,26,30)/b22-14+. The number of aromatic nitrogens is 1. The molecule has 0 radical (unpaired) electrons. The third kappa shape index (κ3) is 3.54. The first kappa shape index (κ1) is 19.7. The topological polar surface area (TPSA) is 54.3 Å². The quantitative estimate of drug-likeness (QED) is 0.506. The van der Waals surface area contributed by atoms with Gasteiger partial charge in [0, 0.05) is 17.1 Å². The number of benzene rings is 2. The Balaban J connectivity index is 1.66. The molecule has 0 saturated carbocycles. The van der Waals surface area contributed by atoms with Gasteiger partial charge >= 0.3 is 6.03 Å². The fourth-order valence-electron chi connectivity index (χ4n) is 4.00. The molecule has 5 nitrogen and oxygen atoms in total. The van der Waals surface area contributed by atoms with Gasteiger partial charge in [-0.15, -0.1) is 0 Å². The maximum absolute atomic E-state index is 12.9. The highest BCUT2D eigenvalue weighted by molar-refractivity contribution is 6.14. The van der Waals surface area contributed by atoms with Crippen molar-refractivity contribution in [2.45, 2.75) is 34.2 Å². The molecule has 2 heterocycles. The second-order valence-electron chi connectivity index (χ2n) is 7.82. The van der Waals surface area contributed by atoms with E-state index in [1.165, 1.54) is 16.0 Å². The predicted octanol–water partition coefficient (Wildman–Crippen LogP) is 4.80. The number of imide groups is 1. The molecule has 0 unspecified atom stereocenters. The van der Waals surface area contributed by atoms with Crippen LogP contribution >= 0.6 is 0 Å². The Kier molecular flexibility index (Phi) is 5.04. The Bertz CT molecular complexity index is 1170. The van der Waals surface area contributed by atoms with Crippen molar-refractivity contribution < 1.29 is 9.59 Å². The molecule has 3 amide bonds. The summed E-state index contributed by atoms with van der Waals surface area (Å²) in [7, 11) is 0. The Morgan fingerprint density at radius 2 is 1.67 bits per heavy atom. The summed E-state index contributed by atoms with van der Waals surface area (Å²) in [6, 6.07) is 17.5. The van der Waals surface area contributed by atoms with Gasteiger partial charge in [-0.05, 0) is 62.6 Å². The molecule has 1 saturated heterocycles. The summed E-state index contributed by atoms with van der Waals surface area (Å²) in [6.45, 7) is 8.51. The third-order valence-corrected chi connectivity index (χ3v) is 5.51. The summed E-state index contributed by atoms with van der Waals surface area (Å²) in [6.07, 6.45) is 1.77. The van der Waals surface area contributed by atoms with Crippen molar-refractivity contribution in [2.75, 3.05) is 0 Å². The van der Waals surface area contributed by atoms with Crippen molar-refractivity contribution >= 4 is 18.0 Å². The normalized spacial score (nSPS) is 15.2. The second kappa shape index (κ2) is 7.67. The zero-order chi connectivity index (χ0) is 21.4. The minimum Gasteiger partial charge on any atom is -0.318 e. The van der Waals surface area contributed by atoms with Crippen LogP contribution in [0.4, 0.5) is 4.79 Å². The average molecular weight is 399 g/mol. The van der Waals surface area contributed by atoms with Gasteiger partial charge in [0.15, 0.2) is 0 Å².